The fourth-order valence-corrected chi connectivity index (χ4v) is 0.389. The Labute approximate surface area is 61.3 Å². The minimum absolute atomic E-state index is 0.819. The number of H-pyrrole nitrogens is 1. The Morgan fingerprint density at radius 3 is 2.40 bits per heavy atom. The molecule has 0 atom stereocenters. The highest BCUT2D eigenvalue weighted by Gasteiger charge is 1.78. The molecule has 0 amide bonds. The van der Waals surface area contributed by atoms with E-state index >= 15 is 0 Å². The third kappa shape index (κ3) is 3.66. The van der Waals surface area contributed by atoms with E-state index in [1.807, 2.05) is 6.92 Å². The van der Waals surface area contributed by atoms with E-state index in [0.717, 1.165) is 5.82 Å². The number of nitrogens with zero attached hydrogens (tertiary/aromatic N) is 1. The number of aromatic amines is 1. The highest BCUT2D eigenvalue weighted by molar-refractivity contribution is 5.34. The van der Waals surface area contributed by atoms with Gasteiger partial charge in [-0.05, 0) is 13.0 Å². The van der Waals surface area contributed by atoms with E-state index in [2.05, 4.69) is 23.1 Å². The topological polar surface area (TPSA) is 28.7 Å². The molecule has 0 aliphatic carbocycles. The molecule has 1 N–H and O–H groups in total. The summed E-state index contributed by atoms with van der Waals surface area (Å²) in [6.07, 6.45) is 6.87. The summed E-state index contributed by atoms with van der Waals surface area (Å²) in [4.78, 5) is 6.72. The van der Waals surface area contributed by atoms with Crippen LogP contribution in [0.25, 0.3) is 6.08 Å². The molecule has 54 valence electrons. The van der Waals surface area contributed by atoms with Crippen molar-refractivity contribution in [3.63, 3.8) is 0 Å². The average molecular weight is 136 g/mol. The molecule has 0 aromatic carbocycles. The van der Waals surface area contributed by atoms with Crippen LogP contribution in [0.5, 0.6) is 0 Å². The van der Waals surface area contributed by atoms with Crippen LogP contribution in [-0.4, -0.2) is 9.97 Å². The van der Waals surface area contributed by atoms with Crippen molar-refractivity contribution in [1.29, 1.82) is 0 Å². The predicted octanol–water partition coefficient (Wildman–Crippen LogP) is 2.24. The predicted molar refractivity (Wildman–Crippen MR) is 44.5 cm³/mol. The largest absolute Gasteiger partial charge is 0.345 e. The zero-order valence-corrected chi connectivity index (χ0v) is 6.17. The Morgan fingerprint density at radius 1 is 1.60 bits per heavy atom. The van der Waals surface area contributed by atoms with Gasteiger partial charge in [0, 0.05) is 12.4 Å². The first-order chi connectivity index (χ1) is 4.85. The molecule has 0 unspecified atom stereocenters. The van der Waals surface area contributed by atoms with Crippen molar-refractivity contribution < 1.29 is 0 Å². The second kappa shape index (κ2) is 5.82. The fourth-order valence-electron chi connectivity index (χ4n) is 0.389. The fraction of sp³-hybridized carbons (Fsp3) is 0.125. The van der Waals surface area contributed by atoms with Gasteiger partial charge in [-0.15, -0.1) is 6.58 Å². The van der Waals surface area contributed by atoms with Crippen molar-refractivity contribution >= 4 is 6.08 Å². The SMILES string of the molecule is C=CC.C=Cc1ncc[nH]1. The average Bonchev–Trinajstić information content (AvgIpc) is 2.39. The molecule has 2 heteroatoms. The van der Waals surface area contributed by atoms with Crippen LogP contribution in [0.15, 0.2) is 31.6 Å². The molecule has 0 radical (unpaired) electrons. The van der Waals surface area contributed by atoms with Gasteiger partial charge in [0.25, 0.3) is 0 Å². The lowest BCUT2D eigenvalue weighted by Gasteiger charge is -1.73. The summed E-state index contributed by atoms with van der Waals surface area (Å²) in [7, 11) is 0. The molecule has 0 saturated heterocycles. The van der Waals surface area contributed by atoms with Gasteiger partial charge < -0.3 is 4.98 Å². The summed E-state index contributed by atoms with van der Waals surface area (Å²) >= 11 is 0. The van der Waals surface area contributed by atoms with Gasteiger partial charge in [0.2, 0.25) is 0 Å². The molecule has 0 fully saturated rings. The molecular formula is C8H12N2. The molecule has 0 aliphatic rings. The minimum atomic E-state index is 0.819. The first kappa shape index (κ1) is 8.69. The maximum Gasteiger partial charge on any atom is 0.129 e. The molecule has 0 spiro atoms. The number of rotatable bonds is 1. The lowest BCUT2D eigenvalue weighted by Crippen LogP contribution is -1.67. The van der Waals surface area contributed by atoms with Crippen LogP contribution in [-0.2, 0) is 0 Å². The summed E-state index contributed by atoms with van der Waals surface area (Å²) < 4.78 is 0. The van der Waals surface area contributed by atoms with Crippen LogP contribution < -0.4 is 0 Å². The maximum atomic E-state index is 3.86. The molecule has 1 aromatic heterocycles. The normalized spacial score (nSPS) is 7.30. The van der Waals surface area contributed by atoms with Crippen molar-refractivity contribution in [2.24, 2.45) is 0 Å². The molecular weight excluding hydrogens is 124 g/mol. The van der Waals surface area contributed by atoms with Crippen molar-refractivity contribution in [1.82, 2.24) is 9.97 Å². The standard InChI is InChI=1S/C5H6N2.C3H6/c1-2-5-6-3-4-7-5;1-3-2/h2-4H,1H2,(H,6,7);3H,1H2,2H3. The molecule has 2 nitrogen and oxygen atoms in total. The highest BCUT2D eigenvalue weighted by atomic mass is 14.9. The van der Waals surface area contributed by atoms with E-state index < -0.39 is 0 Å². The van der Waals surface area contributed by atoms with Crippen LogP contribution >= 0.6 is 0 Å². The molecule has 0 aliphatic heterocycles. The van der Waals surface area contributed by atoms with Crippen LogP contribution in [0.1, 0.15) is 12.7 Å². The molecule has 1 aromatic rings. The second-order valence-corrected chi connectivity index (χ2v) is 1.59. The summed E-state index contributed by atoms with van der Waals surface area (Å²) in [6.45, 7) is 8.76. The summed E-state index contributed by atoms with van der Waals surface area (Å²) in [5, 5.41) is 0. The highest BCUT2D eigenvalue weighted by Crippen LogP contribution is 1.85. The van der Waals surface area contributed by atoms with Gasteiger partial charge in [-0.1, -0.05) is 12.7 Å². The Morgan fingerprint density at radius 2 is 2.20 bits per heavy atom. The van der Waals surface area contributed by atoms with E-state index in [1.54, 1.807) is 24.5 Å². The van der Waals surface area contributed by atoms with Gasteiger partial charge in [0.15, 0.2) is 0 Å². The lowest BCUT2D eigenvalue weighted by atomic mass is 10.6. The van der Waals surface area contributed by atoms with E-state index in [9.17, 15) is 0 Å². The van der Waals surface area contributed by atoms with E-state index in [4.69, 9.17) is 0 Å². The first-order valence-corrected chi connectivity index (χ1v) is 3.04. The molecule has 0 bridgehead atoms. The number of hydrogen-bond donors (Lipinski definition) is 1. The molecule has 0 saturated carbocycles. The number of nitrogens with one attached hydrogen (secondary N) is 1. The smallest absolute Gasteiger partial charge is 0.129 e. The van der Waals surface area contributed by atoms with Crippen LogP contribution in [0.4, 0.5) is 0 Å². The minimum Gasteiger partial charge on any atom is -0.345 e. The number of hydrogen-bond acceptors (Lipinski definition) is 1. The number of aromatic nitrogens is 2. The Hall–Kier alpha value is -1.31. The second-order valence-electron chi connectivity index (χ2n) is 1.59. The van der Waals surface area contributed by atoms with Gasteiger partial charge in [-0.2, -0.15) is 0 Å². The van der Waals surface area contributed by atoms with Crippen LogP contribution in [0, 0.1) is 0 Å². The van der Waals surface area contributed by atoms with E-state index in [0.29, 0.717) is 0 Å². The van der Waals surface area contributed by atoms with E-state index in [1.165, 1.54) is 0 Å². The zero-order valence-electron chi connectivity index (χ0n) is 6.17. The Balaban J connectivity index is 0.000000236. The van der Waals surface area contributed by atoms with Crippen molar-refractivity contribution in [2.75, 3.05) is 0 Å². The van der Waals surface area contributed by atoms with Gasteiger partial charge in [0.05, 0.1) is 0 Å². The van der Waals surface area contributed by atoms with Gasteiger partial charge >= 0.3 is 0 Å². The van der Waals surface area contributed by atoms with Crippen LogP contribution in [0.2, 0.25) is 0 Å². The monoisotopic (exact) mass is 136 g/mol. The molecule has 10 heavy (non-hydrogen) atoms. The first-order valence-electron chi connectivity index (χ1n) is 3.04. The van der Waals surface area contributed by atoms with Crippen molar-refractivity contribution in [2.45, 2.75) is 6.92 Å². The molecule has 1 heterocycles. The third-order valence-electron chi connectivity index (χ3n) is 0.713. The number of allylic oxidation sites excluding steroid dienone is 1. The quantitative estimate of drug-likeness (QED) is 0.589. The maximum absolute atomic E-state index is 3.86. The third-order valence-corrected chi connectivity index (χ3v) is 0.713. The summed E-state index contributed by atoms with van der Waals surface area (Å²) in [5.41, 5.74) is 0. The summed E-state index contributed by atoms with van der Waals surface area (Å²) in [6, 6.07) is 0. The lowest BCUT2D eigenvalue weighted by molar-refractivity contribution is 1.27. The zero-order chi connectivity index (χ0) is 7.82. The van der Waals surface area contributed by atoms with Crippen molar-refractivity contribution in [3.05, 3.63) is 37.5 Å². The van der Waals surface area contributed by atoms with Gasteiger partial charge in [0.1, 0.15) is 5.82 Å². The summed E-state index contributed by atoms with van der Waals surface area (Å²) in [5.74, 6) is 0.819. The Bertz CT molecular complexity index is 175. The number of imidazole rings is 1. The van der Waals surface area contributed by atoms with Crippen molar-refractivity contribution in [3.8, 4) is 0 Å². The van der Waals surface area contributed by atoms with Gasteiger partial charge in [-0.3, -0.25) is 0 Å². The van der Waals surface area contributed by atoms with Crippen LogP contribution in [0.3, 0.4) is 0 Å². The van der Waals surface area contributed by atoms with E-state index in [-0.39, 0.29) is 0 Å². The Kier molecular flexibility index (Phi) is 5.06. The van der Waals surface area contributed by atoms with Gasteiger partial charge in [-0.25, -0.2) is 4.98 Å². The molecule has 1 rings (SSSR count).